The van der Waals surface area contributed by atoms with Crippen molar-refractivity contribution < 1.29 is 19.1 Å². The average Bonchev–Trinajstić information content (AvgIpc) is 2.61. The van der Waals surface area contributed by atoms with Crippen LogP contribution >= 0.6 is 0 Å². The van der Waals surface area contributed by atoms with E-state index in [0.29, 0.717) is 11.1 Å². The maximum atomic E-state index is 12.5. The van der Waals surface area contributed by atoms with E-state index in [1.807, 2.05) is 6.07 Å². The lowest BCUT2D eigenvalue weighted by Crippen LogP contribution is -2.35. The zero-order valence-electron chi connectivity index (χ0n) is 13.4. The number of Topliss-reactive ketones (excluding diaryl/α,β-unsaturated/α-hetero) is 1. The highest BCUT2D eigenvalue weighted by molar-refractivity contribution is 6.03. The van der Waals surface area contributed by atoms with Crippen LogP contribution in [0.5, 0.6) is 0 Å². The van der Waals surface area contributed by atoms with Crippen LogP contribution in [0.3, 0.4) is 0 Å². The van der Waals surface area contributed by atoms with Gasteiger partial charge in [-0.3, -0.25) is 14.4 Å². The van der Waals surface area contributed by atoms with Crippen molar-refractivity contribution in [3.05, 3.63) is 71.8 Å². The van der Waals surface area contributed by atoms with Crippen LogP contribution in [-0.4, -0.2) is 24.3 Å². The summed E-state index contributed by atoms with van der Waals surface area (Å²) in [5, 5.41) is 2.70. The molecular weight excluding hydrogens is 306 g/mol. The molecule has 5 nitrogen and oxygen atoms in total. The van der Waals surface area contributed by atoms with E-state index >= 15 is 0 Å². The Kier molecular flexibility index (Phi) is 6.25. The number of ketones is 1. The van der Waals surface area contributed by atoms with E-state index < -0.39 is 17.8 Å². The van der Waals surface area contributed by atoms with Crippen molar-refractivity contribution in [1.82, 2.24) is 5.32 Å². The maximum absolute atomic E-state index is 12.5. The van der Waals surface area contributed by atoms with Gasteiger partial charge in [0.2, 0.25) is 0 Å². The molecule has 0 saturated carbocycles. The molecule has 1 unspecified atom stereocenters. The number of carbonyl (C=O) groups excluding carboxylic acids is 3. The fourth-order valence-electron chi connectivity index (χ4n) is 2.26. The quantitative estimate of drug-likeness (QED) is 0.627. The van der Waals surface area contributed by atoms with Crippen molar-refractivity contribution in [2.75, 3.05) is 6.61 Å². The van der Waals surface area contributed by atoms with Crippen LogP contribution in [0.25, 0.3) is 0 Å². The molecule has 2 rings (SSSR count). The second-order valence-electron chi connectivity index (χ2n) is 5.13. The van der Waals surface area contributed by atoms with Gasteiger partial charge in [-0.1, -0.05) is 48.5 Å². The predicted molar refractivity (Wildman–Crippen MR) is 89.3 cm³/mol. The summed E-state index contributed by atoms with van der Waals surface area (Å²) < 4.78 is 4.82. The lowest BCUT2D eigenvalue weighted by molar-refractivity contribution is -0.145. The van der Waals surface area contributed by atoms with Crippen molar-refractivity contribution in [1.29, 1.82) is 0 Å². The molecule has 0 aliphatic rings. The Morgan fingerprint density at radius 2 is 1.54 bits per heavy atom. The van der Waals surface area contributed by atoms with Crippen LogP contribution in [0, 0.1) is 0 Å². The van der Waals surface area contributed by atoms with E-state index in [1.54, 1.807) is 61.5 Å². The standard InChI is InChI=1S/C19H19NO4/c1-2-24-17(22)13-16(21)18(14-9-5-3-6-10-14)20-19(23)15-11-7-4-8-12-15/h3-12,18H,2,13H2,1H3,(H,20,23). The molecule has 0 aliphatic heterocycles. The number of esters is 1. The Bertz CT molecular complexity index is 698. The van der Waals surface area contributed by atoms with Crippen LogP contribution in [-0.2, 0) is 14.3 Å². The molecule has 0 aromatic heterocycles. The highest BCUT2D eigenvalue weighted by atomic mass is 16.5. The molecule has 0 spiro atoms. The van der Waals surface area contributed by atoms with E-state index in [-0.39, 0.29) is 18.9 Å². The number of amides is 1. The minimum Gasteiger partial charge on any atom is -0.466 e. The summed E-state index contributed by atoms with van der Waals surface area (Å²) in [7, 11) is 0. The van der Waals surface area contributed by atoms with Crippen molar-refractivity contribution in [2.45, 2.75) is 19.4 Å². The minimum absolute atomic E-state index is 0.207. The first-order valence-corrected chi connectivity index (χ1v) is 7.71. The summed E-state index contributed by atoms with van der Waals surface area (Å²) in [4.78, 5) is 36.4. The molecule has 0 aliphatic carbocycles. The van der Waals surface area contributed by atoms with Gasteiger partial charge in [-0.05, 0) is 24.6 Å². The molecule has 2 aromatic rings. The number of ether oxygens (including phenoxy) is 1. The zero-order chi connectivity index (χ0) is 17.4. The maximum Gasteiger partial charge on any atom is 0.313 e. The van der Waals surface area contributed by atoms with Gasteiger partial charge in [-0.25, -0.2) is 0 Å². The normalized spacial score (nSPS) is 11.4. The van der Waals surface area contributed by atoms with Crippen LogP contribution in [0.4, 0.5) is 0 Å². The SMILES string of the molecule is CCOC(=O)CC(=O)C(NC(=O)c1ccccc1)c1ccccc1. The number of rotatable bonds is 7. The highest BCUT2D eigenvalue weighted by Gasteiger charge is 2.25. The van der Waals surface area contributed by atoms with E-state index in [0.717, 1.165) is 0 Å². The van der Waals surface area contributed by atoms with Crippen molar-refractivity contribution in [3.63, 3.8) is 0 Å². The topological polar surface area (TPSA) is 72.5 Å². The average molecular weight is 325 g/mol. The van der Waals surface area contributed by atoms with Crippen LogP contribution in [0.2, 0.25) is 0 Å². The third-order valence-electron chi connectivity index (χ3n) is 3.39. The fraction of sp³-hybridized carbons (Fsp3) is 0.211. The number of carbonyl (C=O) groups is 3. The molecule has 0 fully saturated rings. The van der Waals surface area contributed by atoms with E-state index in [4.69, 9.17) is 4.74 Å². The first-order valence-electron chi connectivity index (χ1n) is 7.71. The smallest absolute Gasteiger partial charge is 0.313 e. The van der Waals surface area contributed by atoms with E-state index in [1.165, 1.54) is 0 Å². The molecule has 24 heavy (non-hydrogen) atoms. The summed E-state index contributed by atoms with van der Waals surface area (Å²) in [6.45, 7) is 1.88. The van der Waals surface area contributed by atoms with Crippen molar-refractivity contribution in [3.8, 4) is 0 Å². The number of nitrogens with one attached hydrogen (secondary N) is 1. The predicted octanol–water partition coefficient (Wildman–Crippen LogP) is 2.68. The summed E-state index contributed by atoms with van der Waals surface area (Å²) >= 11 is 0. The Morgan fingerprint density at radius 1 is 0.958 bits per heavy atom. The zero-order valence-corrected chi connectivity index (χ0v) is 13.4. The van der Waals surface area contributed by atoms with Crippen LogP contribution in [0.15, 0.2) is 60.7 Å². The van der Waals surface area contributed by atoms with Gasteiger partial charge in [0.15, 0.2) is 5.78 Å². The molecule has 2 aromatic carbocycles. The summed E-state index contributed by atoms with van der Waals surface area (Å²) in [5.41, 5.74) is 1.07. The second-order valence-corrected chi connectivity index (χ2v) is 5.13. The van der Waals surface area contributed by atoms with Gasteiger partial charge >= 0.3 is 5.97 Å². The molecule has 1 amide bonds. The molecule has 0 radical (unpaired) electrons. The van der Waals surface area contributed by atoms with Gasteiger partial charge < -0.3 is 10.1 Å². The molecule has 1 N–H and O–H groups in total. The van der Waals surface area contributed by atoms with Gasteiger partial charge in [0.05, 0.1) is 6.61 Å². The molecule has 0 bridgehead atoms. The lowest BCUT2D eigenvalue weighted by Gasteiger charge is -2.18. The van der Waals surface area contributed by atoms with Gasteiger partial charge in [-0.15, -0.1) is 0 Å². The number of benzene rings is 2. The minimum atomic E-state index is -0.900. The van der Waals surface area contributed by atoms with Gasteiger partial charge in [0.25, 0.3) is 5.91 Å². The number of hydrogen-bond acceptors (Lipinski definition) is 4. The molecule has 5 heteroatoms. The third kappa shape index (κ3) is 4.78. The third-order valence-corrected chi connectivity index (χ3v) is 3.39. The van der Waals surface area contributed by atoms with E-state index in [9.17, 15) is 14.4 Å². The first-order chi connectivity index (χ1) is 11.6. The summed E-state index contributed by atoms with van der Waals surface area (Å²) in [6, 6.07) is 16.5. The van der Waals surface area contributed by atoms with Crippen molar-refractivity contribution >= 4 is 17.7 Å². The van der Waals surface area contributed by atoms with Crippen LogP contribution < -0.4 is 5.32 Å². The van der Waals surface area contributed by atoms with Crippen LogP contribution in [0.1, 0.15) is 35.3 Å². The van der Waals surface area contributed by atoms with Gasteiger partial charge in [0, 0.05) is 5.56 Å². The highest BCUT2D eigenvalue weighted by Crippen LogP contribution is 2.17. The molecule has 0 saturated heterocycles. The molecule has 1 atom stereocenters. The van der Waals surface area contributed by atoms with Gasteiger partial charge in [-0.2, -0.15) is 0 Å². The largest absolute Gasteiger partial charge is 0.466 e. The Hall–Kier alpha value is -2.95. The molecule has 0 heterocycles. The Morgan fingerprint density at radius 3 is 2.12 bits per heavy atom. The monoisotopic (exact) mass is 325 g/mol. The number of hydrogen-bond donors (Lipinski definition) is 1. The summed E-state index contributed by atoms with van der Waals surface area (Å²) in [5.74, 6) is -1.39. The molecule has 124 valence electrons. The van der Waals surface area contributed by atoms with E-state index in [2.05, 4.69) is 5.32 Å². The lowest BCUT2D eigenvalue weighted by atomic mass is 10.00. The fourth-order valence-corrected chi connectivity index (χ4v) is 2.26. The first kappa shape index (κ1) is 17.4. The Labute approximate surface area is 140 Å². The van der Waals surface area contributed by atoms with Gasteiger partial charge in [0.1, 0.15) is 12.5 Å². The molecular formula is C19H19NO4. The summed E-state index contributed by atoms with van der Waals surface area (Å²) in [6.07, 6.45) is -0.386. The van der Waals surface area contributed by atoms with Crippen molar-refractivity contribution in [2.24, 2.45) is 0 Å². The Balaban J connectivity index is 2.19. The second kappa shape index (κ2) is 8.62.